The van der Waals surface area contributed by atoms with Crippen molar-refractivity contribution in [2.24, 2.45) is 17.8 Å². The molecule has 2 fully saturated rings. The van der Waals surface area contributed by atoms with Crippen molar-refractivity contribution in [3.05, 3.63) is 23.2 Å². The number of hydrogen-bond acceptors (Lipinski definition) is 2. The highest BCUT2D eigenvalue weighted by Gasteiger charge is 2.39. The standard InChI is InChI=1S/C15H21ClN2/c1-18(15-5-4-13(16)8-14(15)17)9-12-7-10-2-3-11(12)6-10/h4-5,8,10-12H,2-3,6-7,9,17H2,1H3. The molecule has 0 aliphatic heterocycles. The fraction of sp³-hybridized carbons (Fsp3) is 0.600. The molecule has 2 aliphatic rings. The maximum Gasteiger partial charge on any atom is 0.0598 e. The van der Waals surface area contributed by atoms with E-state index >= 15 is 0 Å². The molecule has 0 heterocycles. The zero-order chi connectivity index (χ0) is 12.7. The first-order valence-electron chi connectivity index (χ1n) is 6.89. The van der Waals surface area contributed by atoms with Crippen LogP contribution in [0.2, 0.25) is 5.02 Å². The van der Waals surface area contributed by atoms with Crippen molar-refractivity contribution in [2.75, 3.05) is 24.2 Å². The zero-order valence-electron chi connectivity index (χ0n) is 10.9. The minimum Gasteiger partial charge on any atom is -0.397 e. The quantitative estimate of drug-likeness (QED) is 0.842. The van der Waals surface area contributed by atoms with E-state index in [9.17, 15) is 0 Å². The molecule has 3 unspecified atom stereocenters. The van der Waals surface area contributed by atoms with E-state index < -0.39 is 0 Å². The van der Waals surface area contributed by atoms with E-state index in [2.05, 4.69) is 11.9 Å². The number of benzene rings is 1. The number of halogens is 1. The van der Waals surface area contributed by atoms with Crippen LogP contribution in [-0.4, -0.2) is 13.6 Å². The highest BCUT2D eigenvalue weighted by atomic mass is 35.5. The average Bonchev–Trinajstić information content (AvgIpc) is 2.90. The second-order valence-corrected chi connectivity index (χ2v) is 6.46. The molecule has 2 bridgehead atoms. The Balaban J connectivity index is 1.69. The number of fused-ring (bicyclic) bond motifs is 2. The van der Waals surface area contributed by atoms with Gasteiger partial charge in [-0.15, -0.1) is 0 Å². The van der Waals surface area contributed by atoms with Crippen molar-refractivity contribution in [2.45, 2.75) is 25.7 Å². The van der Waals surface area contributed by atoms with Crippen LogP contribution < -0.4 is 10.6 Å². The molecule has 3 atom stereocenters. The van der Waals surface area contributed by atoms with E-state index in [4.69, 9.17) is 17.3 Å². The Bertz CT molecular complexity index is 446. The molecular weight excluding hydrogens is 244 g/mol. The van der Waals surface area contributed by atoms with E-state index in [0.717, 1.165) is 35.7 Å². The fourth-order valence-corrected chi connectivity index (χ4v) is 4.10. The first-order chi connectivity index (χ1) is 8.63. The molecule has 0 radical (unpaired) electrons. The molecule has 2 aliphatic carbocycles. The van der Waals surface area contributed by atoms with Crippen LogP contribution in [0.15, 0.2) is 18.2 Å². The number of hydrogen-bond donors (Lipinski definition) is 1. The van der Waals surface area contributed by atoms with Crippen LogP contribution in [-0.2, 0) is 0 Å². The number of anilines is 2. The summed E-state index contributed by atoms with van der Waals surface area (Å²) in [6, 6.07) is 5.80. The zero-order valence-corrected chi connectivity index (χ0v) is 11.7. The van der Waals surface area contributed by atoms with Crippen LogP contribution in [0.4, 0.5) is 11.4 Å². The third kappa shape index (κ3) is 2.18. The second-order valence-electron chi connectivity index (χ2n) is 6.02. The lowest BCUT2D eigenvalue weighted by Crippen LogP contribution is -2.29. The van der Waals surface area contributed by atoms with E-state index in [0.29, 0.717) is 5.02 Å². The van der Waals surface area contributed by atoms with Gasteiger partial charge >= 0.3 is 0 Å². The van der Waals surface area contributed by atoms with Crippen molar-refractivity contribution in [1.29, 1.82) is 0 Å². The van der Waals surface area contributed by atoms with Crippen LogP contribution in [0.3, 0.4) is 0 Å². The van der Waals surface area contributed by atoms with Gasteiger partial charge in [0.2, 0.25) is 0 Å². The predicted octanol–water partition coefficient (Wildman–Crippen LogP) is 3.79. The topological polar surface area (TPSA) is 29.3 Å². The molecule has 2 N–H and O–H groups in total. The van der Waals surface area contributed by atoms with Gasteiger partial charge in [-0.2, -0.15) is 0 Å². The maximum atomic E-state index is 6.05. The minimum atomic E-state index is 0.713. The summed E-state index contributed by atoms with van der Waals surface area (Å²) in [5, 5.41) is 0.713. The van der Waals surface area contributed by atoms with Gasteiger partial charge in [-0.3, -0.25) is 0 Å². The normalized spacial score (nSPS) is 29.8. The van der Waals surface area contributed by atoms with Crippen molar-refractivity contribution >= 4 is 23.0 Å². The molecule has 18 heavy (non-hydrogen) atoms. The number of nitrogens with two attached hydrogens (primary N) is 1. The van der Waals surface area contributed by atoms with E-state index in [-0.39, 0.29) is 0 Å². The molecule has 1 aromatic rings. The Labute approximate surface area is 114 Å². The summed E-state index contributed by atoms with van der Waals surface area (Å²) < 4.78 is 0. The summed E-state index contributed by atoms with van der Waals surface area (Å²) in [6.45, 7) is 1.13. The predicted molar refractivity (Wildman–Crippen MR) is 78.1 cm³/mol. The highest BCUT2D eigenvalue weighted by molar-refractivity contribution is 6.31. The fourth-order valence-electron chi connectivity index (χ4n) is 3.92. The molecule has 0 amide bonds. The summed E-state index contributed by atoms with van der Waals surface area (Å²) in [5.41, 5.74) is 7.94. The van der Waals surface area contributed by atoms with Gasteiger partial charge in [0.15, 0.2) is 0 Å². The van der Waals surface area contributed by atoms with Gasteiger partial charge in [-0.05, 0) is 55.2 Å². The van der Waals surface area contributed by atoms with Crippen molar-refractivity contribution in [1.82, 2.24) is 0 Å². The largest absolute Gasteiger partial charge is 0.397 e. The van der Waals surface area contributed by atoms with Gasteiger partial charge < -0.3 is 10.6 Å². The Hall–Kier alpha value is -0.890. The molecule has 3 rings (SSSR count). The molecular formula is C15H21ClN2. The lowest BCUT2D eigenvalue weighted by molar-refractivity contribution is 0.337. The molecule has 2 nitrogen and oxygen atoms in total. The van der Waals surface area contributed by atoms with Crippen molar-refractivity contribution in [3.63, 3.8) is 0 Å². The smallest absolute Gasteiger partial charge is 0.0598 e. The van der Waals surface area contributed by atoms with Crippen molar-refractivity contribution < 1.29 is 0 Å². The third-order valence-corrected chi connectivity index (χ3v) is 5.03. The Kier molecular flexibility index (Phi) is 3.14. The molecule has 0 spiro atoms. The summed E-state index contributed by atoms with van der Waals surface area (Å²) >= 11 is 5.94. The van der Waals surface area contributed by atoms with E-state index in [1.54, 1.807) is 0 Å². The van der Waals surface area contributed by atoms with Crippen LogP contribution in [0.5, 0.6) is 0 Å². The molecule has 0 aromatic heterocycles. The van der Waals surface area contributed by atoms with Gasteiger partial charge in [0.05, 0.1) is 11.4 Å². The first kappa shape index (κ1) is 12.2. The maximum absolute atomic E-state index is 6.05. The lowest BCUT2D eigenvalue weighted by atomic mass is 9.88. The lowest BCUT2D eigenvalue weighted by Gasteiger charge is -2.29. The number of nitrogen functional groups attached to an aromatic ring is 1. The molecule has 98 valence electrons. The summed E-state index contributed by atoms with van der Waals surface area (Å²) in [4.78, 5) is 2.30. The Morgan fingerprint density at radius 1 is 1.33 bits per heavy atom. The summed E-state index contributed by atoms with van der Waals surface area (Å²) in [6.07, 6.45) is 5.80. The minimum absolute atomic E-state index is 0.713. The summed E-state index contributed by atoms with van der Waals surface area (Å²) in [7, 11) is 2.14. The molecule has 3 heteroatoms. The van der Waals surface area contributed by atoms with Gasteiger partial charge in [0.1, 0.15) is 0 Å². The van der Waals surface area contributed by atoms with Crippen LogP contribution >= 0.6 is 11.6 Å². The SMILES string of the molecule is CN(CC1CC2CCC1C2)c1ccc(Cl)cc1N. The van der Waals surface area contributed by atoms with Gasteiger partial charge in [-0.1, -0.05) is 18.0 Å². The van der Waals surface area contributed by atoms with E-state index in [1.165, 1.54) is 25.7 Å². The van der Waals surface area contributed by atoms with Crippen LogP contribution in [0.1, 0.15) is 25.7 Å². The number of rotatable bonds is 3. The molecule has 2 saturated carbocycles. The van der Waals surface area contributed by atoms with Crippen LogP contribution in [0.25, 0.3) is 0 Å². The van der Waals surface area contributed by atoms with E-state index in [1.807, 2.05) is 18.2 Å². The first-order valence-corrected chi connectivity index (χ1v) is 7.27. The summed E-state index contributed by atoms with van der Waals surface area (Å²) in [5.74, 6) is 2.84. The third-order valence-electron chi connectivity index (χ3n) is 4.79. The van der Waals surface area contributed by atoms with Crippen molar-refractivity contribution in [3.8, 4) is 0 Å². The Morgan fingerprint density at radius 3 is 2.78 bits per heavy atom. The van der Waals surface area contributed by atoms with Gasteiger partial charge in [0.25, 0.3) is 0 Å². The van der Waals surface area contributed by atoms with Crippen LogP contribution in [0, 0.1) is 17.8 Å². The number of nitrogens with zero attached hydrogens (tertiary/aromatic N) is 1. The van der Waals surface area contributed by atoms with Gasteiger partial charge in [0, 0.05) is 18.6 Å². The Morgan fingerprint density at radius 2 is 2.17 bits per heavy atom. The monoisotopic (exact) mass is 264 g/mol. The van der Waals surface area contributed by atoms with Gasteiger partial charge in [-0.25, -0.2) is 0 Å². The molecule has 1 aromatic carbocycles. The highest BCUT2D eigenvalue weighted by Crippen LogP contribution is 2.48. The molecule has 0 saturated heterocycles. The second kappa shape index (κ2) is 4.65. The average molecular weight is 265 g/mol.